The summed E-state index contributed by atoms with van der Waals surface area (Å²) in [6.45, 7) is 2.11. The Hall–Kier alpha value is -0.730. The predicted octanol–water partition coefficient (Wildman–Crippen LogP) is 4.43. The van der Waals surface area contributed by atoms with E-state index in [1.165, 1.54) is 20.9 Å². The summed E-state index contributed by atoms with van der Waals surface area (Å²) in [4.78, 5) is 2.60. The van der Waals surface area contributed by atoms with Gasteiger partial charge in [0.15, 0.2) is 0 Å². The van der Waals surface area contributed by atoms with Crippen LogP contribution >= 0.6 is 34.7 Å². The maximum absolute atomic E-state index is 8.90. The number of nitriles is 1. The summed E-state index contributed by atoms with van der Waals surface area (Å²) in [7, 11) is 0. The number of allylic oxidation sites excluding steroid dienone is 2. The lowest BCUT2D eigenvalue weighted by Gasteiger charge is -2.24. The van der Waals surface area contributed by atoms with Crippen molar-refractivity contribution in [3.8, 4) is 6.07 Å². The quantitative estimate of drug-likeness (QED) is 0.829. The third kappa shape index (κ3) is 3.54. The Kier molecular flexibility index (Phi) is 5.07. The van der Waals surface area contributed by atoms with Crippen molar-refractivity contribution >= 4 is 34.7 Å². The topological polar surface area (TPSA) is 35.8 Å². The van der Waals surface area contributed by atoms with Gasteiger partial charge >= 0.3 is 0 Å². The Morgan fingerprint density at radius 1 is 1.43 bits per heavy atom. The highest BCUT2D eigenvalue weighted by Gasteiger charge is 2.24. The summed E-state index contributed by atoms with van der Waals surface area (Å²) in [5.74, 6) is 0.912. The Bertz CT molecular complexity index is 624. The van der Waals surface area contributed by atoms with E-state index in [1.807, 2.05) is 23.2 Å². The molecule has 0 spiro atoms. The number of alkyl halides is 1. The van der Waals surface area contributed by atoms with Crippen molar-refractivity contribution in [1.82, 2.24) is 5.32 Å². The van der Waals surface area contributed by atoms with Crippen molar-refractivity contribution in [3.63, 3.8) is 0 Å². The zero-order valence-electron chi connectivity index (χ0n) is 11.7. The molecule has 0 amide bonds. The molecule has 110 valence electrons. The second-order valence-corrected chi connectivity index (χ2v) is 7.77. The highest BCUT2D eigenvalue weighted by atomic mass is 35.5. The van der Waals surface area contributed by atoms with E-state index in [9.17, 15) is 0 Å². The number of rotatable bonds is 3. The molecule has 1 saturated heterocycles. The number of thioether (sulfide) groups is 1. The molecule has 3 rings (SSSR count). The van der Waals surface area contributed by atoms with Crippen LogP contribution in [0.4, 0.5) is 0 Å². The molecule has 1 aliphatic carbocycles. The molecule has 1 aromatic heterocycles. The van der Waals surface area contributed by atoms with E-state index in [2.05, 4.69) is 17.5 Å². The largest absolute Gasteiger partial charge is 0.316 e. The molecule has 2 nitrogen and oxygen atoms in total. The van der Waals surface area contributed by atoms with Crippen molar-refractivity contribution in [2.24, 2.45) is 0 Å². The summed E-state index contributed by atoms with van der Waals surface area (Å²) < 4.78 is 0. The first kappa shape index (κ1) is 15.2. The Morgan fingerprint density at radius 2 is 2.29 bits per heavy atom. The van der Waals surface area contributed by atoms with E-state index in [0.717, 1.165) is 43.7 Å². The van der Waals surface area contributed by atoms with E-state index in [-0.39, 0.29) is 5.38 Å². The van der Waals surface area contributed by atoms with Gasteiger partial charge in [-0.2, -0.15) is 5.26 Å². The Labute approximate surface area is 138 Å². The van der Waals surface area contributed by atoms with Crippen LogP contribution in [0.25, 0.3) is 0 Å². The zero-order chi connectivity index (χ0) is 14.7. The van der Waals surface area contributed by atoms with Crippen LogP contribution in [0, 0.1) is 11.3 Å². The van der Waals surface area contributed by atoms with Crippen molar-refractivity contribution in [3.05, 3.63) is 44.0 Å². The van der Waals surface area contributed by atoms with Crippen LogP contribution in [0.2, 0.25) is 0 Å². The Balaban J connectivity index is 1.77. The van der Waals surface area contributed by atoms with Gasteiger partial charge in [-0.15, -0.1) is 34.7 Å². The highest BCUT2D eigenvalue weighted by molar-refractivity contribution is 8.02. The molecular formula is C16H17ClN2S2. The van der Waals surface area contributed by atoms with E-state index < -0.39 is 0 Å². The molecule has 1 aromatic rings. The summed E-state index contributed by atoms with van der Waals surface area (Å²) in [6, 6.07) is 4.18. The summed E-state index contributed by atoms with van der Waals surface area (Å²) >= 11 is 10.1. The van der Waals surface area contributed by atoms with Crippen LogP contribution in [0.15, 0.2) is 33.6 Å². The fourth-order valence-corrected chi connectivity index (χ4v) is 5.28. The second-order valence-electron chi connectivity index (χ2n) is 5.23. The third-order valence-electron chi connectivity index (χ3n) is 3.82. The standard InChI is InChI=1S/C16H17ClN2S2/c17-15-2-1-12-3-5-19-6-4-14(12)16(15)21-10-13-7-11(8-18)9-20-13/h1,7,9,15,19H,2-6,10H2. The average Bonchev–Trinajstić information content (AvgIpc) is 2.82. The van der Waals surface area contributed by atoms with Crippen LogP contribution in [-0.2, 0) is 5.75 Å². The van der Waals surface area contributed by atoms with Gasteiger partial charge in [-0.3, -0.25) is 0 Å². The molecule has 0 aromatic carbocycles. The van der Waals surface area contributed by atoms with Gasteiger partial charge in [0.25, 0.3) is 0 Å². The highest BCUT2D eigenvalue weighted by Crippen LogP contribution is 2.41. The number of nitrogens with zero attached hydrogens (tertiary/aromatic N) is 1. The fourth-order valence-electron chi connectivity index (χ4n) is 2.76. The van der Waals surface area contributed by atoms with Crippen molar-refractivity contribution < 1.29 is 0 Å². The molecule has 0 radical (unpaired) electrons. The molecule has 1 fully saturated rings. The first-order valence-corrected chi connectivity index (χ1v) is 9.45. The third-order valence-corrected chi connectivity index (χ3v) is 6.76. The smallest absolute Gasteiger partial charge is 0.100 e. The fraction of sp³-hybridized carbons (Fsp3) is 0.438. The molecule has 1 N–H and O–H groups in total. The number of nitrogens with one attached hydrogen (secondary N) is 1. The lowest BCUT2D eigenvalue weighted by atomic mass is 9.93. The number of thiophene rings is 1. The maximum atomic E-state index is 8.90. The van der Waals surface area contributed by atoms with Crippen LogP contribution in [0.1, 0.15) is 29.7 Å². The van der Waals surface area contributed by atoms with Gasteiger partial charge < -0.3 is 5.32 Å². The molecule has 21 heavy (non-hydrogen) atoms. The van der Waals surface area contributed by atoms with Crippen molar-refractivity contribution in [1.29, 1.82) is 5.26 Å². The minimum Gasteiger partial charge on any atom is -0.316 e. The first-order chi connectivity index (χ1) is 10.3. The van der Waals surface area contributed by atoms with Crippen LogP contribution < -0.4 is 5.32 Å². The van der Waals surface area contributed by atoms with E-state index in [4.69, 9.17) is 16.9 Å². The zero-order valence-corrected chi connectivity index (χ0v) is 14.1. The van der Waals surface area contributed by atoms with Gasteiger partial charge in [-0.25, -0.2) is 0 Å². The predicted molar refractivity (Wildman–Crippen MR) is 91.8 cm³/mol. The molecular weight excluding hydrogens is 320 g/mol. The normalized spacial score (nSPS) is 22.3. The Morgan fingerprint density at radius 3 is 3.10 bits per heavy atom. The number of hydrogen-bond acceptors (Lipinski definition) is 4. The van der Waals surface area contributed by atoms with E-state index in [0.29, 0.717) is 0 Å². The van der Waals surface area contributed by atoms with E-state index >= 15 is 0 Å². The summed E-state index contributed by atoms with van der Waals surface area (Å²) in [5.41, 5.74) is 3.72. The minimum atomic E-state index is 0.113. The number of fused-ring (bicyclic) bond motifs is 1. The monoisotopic (exact) mass is 336 g/mol. The lowest BCUT2D eigenvalue weighted by Crippen LogP contribution is -2.13. The van der Waals surface area contributed by atoms with Gasteiger partial charge in [0.2, 0.25) is 0 Å². The van der Waals surface area contributed by atoms with Gasteiger partial charge in [0.1, 0.15) is 6.07 Å². The average molecular weight is 337 g/mol. The number of hydrogen-bond donors (Lipinski definition) is 1. The van der Waals surface area contributed by atoms with Gasteiger partial charge in [0.05, 0.1) is 10.9 Å². The number of halogens is 1. The lowest BCUT2D eigenvalue weighted by molar-refractivity contribution is 0.717. The SMILES string of the molecule is N#Cc1csc(CSC2=C3CCNCCC3=CCC2Cl)c1. The van der Waals surface area contributed by atoms with Gasteiger partial charge in [-0.05, 0) is 49.6 Å². The molecule has 2 aliphatic rings. The maximum Gasteiger partial charge on any atom is 0.100 e. The molecule has 2 heterocycles. The minimum absolute atomic E-state index is 0.113. The van der Waals surface area contributed by atoms with Crippen LogP contribution in [0.5, 0.6) is 0 Å². The molecule has 1 atom stereocenters. The molecule has 1 aliphatic heterocycles. The second kappa shape index (κ2) is 7.02. The summed E-state index contributed by atoms with van der Waals surface area (Å²) in [5, 5.41) is 14.4. The van der Waals surface area contributed by atoms with Crippen LogP contribution in [-0.4, -0.2) is 18.5 Å². The summed E-state index contributed by atoms with van der Waals surface area (Å²) in [6.07, 6.45) is 5.45. The molecule has 0 saturated carbocycles. The van der Waals surface area contributed by atoms with Gasteiger partial charge in [0, 0.05) is 20.9 Å². The van der Waals surface area contributed by atoms with E-state index in [1.54, 1.807) is 11.3 Å². The van der Waals surface area contributed by atoms with Crippen molar-refractivity contribution in [2.45, 2.75) is 30.4 Å². The van der Waals surface area contributed by atoms with Crippen LogP contribution in [0.3, 0.4) is 0 Å². The van der Waals surface area contributed by atoms with Gasteiger partial charge in [-0.1, -0.05) is 6.08 Å². The molecule has 1 unspecified atom stereocenters. The first-order valence-electron chi connectivity index (χ1n) is 7.15. The van der Waals surface area contributed by atoms with Crippen molar-refractivity contribution in [2.75, 3.05) is 13.1 Å². The molecule has 5 heteroatoms. The molecule has 0 bridgehead atoms.